The molecule has 0 amide bonds. The fourth-order valence-corrected chi connectivity index (χ4v) is 2.48. The molecule has 82 valence electrons. The number of hydrogen-bond acceptors (Lipinski definition) is 3. The molecule has 0 saturated heterocycles. The highest BCUT2D eigenvalue weighted by atomic mass is 79.9. The first-order chi connectivity index (χ1) is 7.00. The third-order valence-corrected chi connectivity index (χ3v) is 3.09. The van der Waals surface area contributed by atoms with Crippen LogP contribution in [0.15, 0.2) is 16.6 Å². The lowest BCUT2D eigenvalue weighted by Gasteiger charge is -2.25. The van der Waals surface area contributed by atoms with Crippen molar-refractivity contribution >= 4 is 15.9 Å². The Morgan fingerprint density at radius 1 is 1.27 bits per heavy atom. The molecule has 0 saturated carbocycles. The van der Waals surface area contributed by atoms with Gasteiger partial charge in [-0.25, -0.2) is 0 Å². The van der Waals surface area contributed by atoms with E-state index in [1.807, 2.05) is 12.1 Å². The van der Waals surface area contributed by atoms with E-state index in [1.165, 1.54) is 0 Å². The van der Waals surface area contributed by atoms with Gasteiger partial charge in [-0.1, -0.05) is 6.07 Å². The molecule has 0 atom stereocenters. The van der Waals surface area contributed by atoms with Gasteiger partial charge in [0.15, 0.2) is 11.5 Å². The standard InChI is InChI=1S/C11H13BrO3/c1-11(2,13)7-3-4-8-10(9(7)12)15-6-5-14-8/h3-4,13H,5-6H2,1-2H3. The van der Waals surface area contributed by atoms with Crippen molar-refractivity contribution in [3.63, 3.8) is 0 Å². The third-order valence-electron chi connectivity index (χ3n) is 2.31. The van der Waals surface area contributed by atoms with E-state index in [0.29, 0.717) is 19.0 Å². The van der Waals surface area contributed by atoms with Crippen molar-refractivity contribution in [3.05, 3.63) is 22.2 Å². The Bertz CT molecular complexity index is 382. The van der Waals surface area contributed by atoms with Crippen molar-refractivity contribution in [2.45, 2.75) is 19.4 Å². The molecule has 1 aliphatic heterocycles. The van der Waals surface area contributed by atoms with Crippen LogP contribution in [0.25, 0.3) is 0 Å². The Balaban J connectivity index is 2.53. The van der Waals surface area contributed by atoms with Crippen LogP contribution in [0.2, 0.25) is 0 Å². The smallest absolute Gasteiger partial charge is 0.175 e. The molecule has 2 rings (SSSR count). The SMILES string of the molecule is CC(C)(O)c1ccc2c(c1Br)OCCO2. The van der Waals surface area contributed by atoms with Crippen molar-refractivity contribution < 1.29 is 14.6 Å². The molecular weight excluding hydrogens is 260 g/mol. The zero-order chi connectivity index (χ0) is 11.1. The van der Waals surface area contributed by atoms with E-state index in [9.17, 15) is 5.11 Å². The lowest BCUT2D eigenvalue weighted by Crippen LogP contribution is -2.20. The highest BCUT2D eigenvalue weighted by Crippen LogP contribution is 2.42. The van der Waals surface area contributed by atoms with Crippen LogP contribution in [0.1, 0.15) is 19.4 Å². The summed E-state index contributed by atoms with van der Waals surface area (Å²) in [4.78, 5) is 0. The van der Waals surface area contributed by atoms with Crippen LogP contribution >= 0.6 is 15.9 Å². The third kappa shape index (κ3) is 1.96. The minimum atomic E-state index is -0.894. The summed E-state index contributed by atoms with van der Waals surface area (Å²) in [6, 6.07) is 3.67. The minimum Gasteiger partial charge on any atom is -0.486 e. The van der Waals surface area contributed by atoms with Gasteiger partial charge in [0, 0.05) is 5.56 Å². The average Bonchev–Trinajstić information content (AvgIpc) is 2.16. The van der Waals surface area contributed by atoms with Crippen LogP contribution in [0, 0.1) is 0 Å². The summed E-state index contributed by atoms with van der Waals surface area (Å²) >= 11 is 3.44. The van der Waals surface area contributed by atoms with Gasteiger partial charge in [0.2, 0.25) is 0 Å². The normalized spacial score (nSPS) is 15.2. The Hall–Kier alpha value is -0.740. The fraction of sp³-hybridized carbons (Fsp3) is 0.455. The zero-order valence-corrected chi connectivity index (χ0v) is 10.3. The molecule has 1 heterocycles. The monoisotopic (exact) mass is 272 g/mol. The average molecular weight is 273 g/mol. The summed E-state index contributed by atoms with van der Waals surface area (Å²) in [5.74, 6) is 1.40. The van der Waals surface area contributed by atoms with Crippen LogP contribution in [0.5, 0.6) is 11.5 Å². The second-order valence-electron chi connectivity index (χ2n) is 4.01. The maximum Gasteiger partial charge on any atom is 0.175 e. The number of rotatable bonds is 1. The predicted octanol–water partition coefficient (Wildman–Crippen LogP) is 2.45. The Labute approximate surface area is 97.1 Å². The number of hydrogen-bond donors (Lipinski definition) is 1. The van der Waals surface area contributed by atoms with Crippen LogP contribution in [-0.4, -0.2) is 18.3 Å². The second-order valence-corrected chi connectivity index (χ2v) is 4.80. The van der Waals surface area contributed by atoms with Gasteiger partial charge in [-0.3, -0.25) is 0 Å². The predicted molar refractivity (Wildman–Crippen MR) is 60.4 cm³/mol. The molecule has 0 spiro atoms. The second kappa shape index (κ2) is 3.68. The van der Waals surface area contributed by atoms with Gasteiger partial charge < -0.3 is 14.6 Å². The van der Waals surface area contributed by atoms with E-state index in [4.69, 9.17) is 9.47 Å². The number of benzene rings is 1. The van der Waals surface area contributed by atoms with E-state index in [1.54, 1.807) is 13.8 Å². The molecule has 4 heteroatoms. The molecule has 3 nitrogen and oxygen atoms in total. The molecule has 0 fully saturated rings. The topological polar surface area (TPSA) is 38.7 Å². The molecule has 1 N–H and O–H groups in total. The summed E-state index contributed by atoms with van der Waals surface area (Å²) in [5, 5.41) is 9.95. The zero-order valence-electron chi connectivity index (χ0n) is 8.71. The van der Waals surface area contributed by atoms with Crippen LogP contribution in [0.3, 0.4) is 0 Å². The maximum atomic E-state index is 9.95. The number of halogens is 1. The molecular formula is C11H13BrO3. The number of fused-ring (bicyclic) bond motifs is 1. The highest BCUT2D eigenvalue weighted by molar-refractivity contribution is 9.10. The van der Waals surface area contributed by atoms with Crippen molar-refractivity contribution in [1.82, 2.24) is 0 Å². The summed E-state index contributed by atoms with van der Waals surface area (Å²) < 4.78 is 11.7. The molecule has 0 aromatic heterocycles. The van der Waals surface area contributed by atoms with Crippen LogP contribution < -0.4 is 9.47 Å². The van der Waals surface area contributed by atoms with E-state index in [-0.39, 0.29) is 0 Å². The van der Waals surface area contributed by atoms with Gasteiger partial charge in [-0.2, -0.15) is 0 Å². The lowest BCUT2D eigenvalue weighted by atomic mass is 9.98. The fourth-order valence-electron chi connectivity index (χ4n) is 1.55. The van der Waals surface area contributed by atoms with Crippen molar-refractivity contribution in [1.29, 1.82) is 0 Å². The van der Waals surface area contributed by atoms with E-state index < -0.39 is 5.60 Å². The maximum absolute atomic E-state index is 9.95. The molecule has 1 aliphatic rings. The van der Waals surface area contributed by atoms with Gasteiger partial charge in [0.05, 0.1) is 10.1 Å². The molecule has 0 aliphatic carbocycles. The van der Waals surface area contributed by atoms with Crippen LogP contribution in [-0.2, 0) is 5.60 Å². The highest BCUT2D eigenvalue weighted by Gasteiger charge is 2.25. The Morgan fingerprint density at radius 3 is 2.60 bits per heavy atom. The minimum absolute atomic E-state index is 0.543. The van der Waals surface area contributed by atoms with Gasteiger partial charge in [-0.05, 0) is 35.8 Å². The summed E-state index contributed by atoms with van der Waals surface area (Å²) in [5.41, 5.74) is -0.0963. The first kappa shape index (κ1) is 10.8. The Kier molecular flexibility index (Phi) is 2.64. The molecule has 0 bridgehead atoms. The van der Waals surface area contributed by atoms with Crippen molar-refractivity contribution in [2.75, 3.05) is 13.2 Å². The first-order valence-corrected chi connectivity index (χ1v) is 5.60. The van der Waals surface area contributed by atoms with Crippen molar-refractivity contribution in [2.24, 2.45) is 0 Å². The quantitative estimate of drug-likeness (QED) is 0.854. The molecule has 15 heavy (non-hydrogen) atoms. The van der Waals surface area contributed by atoms with Crippen LogP contribution in [0.4, 0.5) is 0 Å². The van der Waals surface area contributed by atoms with E-state index in [2.05, 4.69) is 15.9 Å². The molecule has 0 radical (unpaired) electrons. The first-order valence-electron chi connectivity index (χ1n) is 4.81. The van der Waals surface area contributed by atoms with E-state index in [0.717, 1.165) is 15.8 Å². The lowest BCUT2D eigenvalue weighted by molar-refractivity contribution is 0.0767. The van der Waals surface area contributed by atoms with Gasteiger partial charge in [0.1, 0.15) is 13.2 Å². The number of aliphatic hydroxyl groups is 1. The van der Waals surface area contributed by atoms with Gasteiger partial charge >= 0.3 is 0 Å². The largest absolute Gasteiger partial charge is 0.486 e. The molecule has 1 aromatic rings. The summed E-state index contributed by atoms with van der Waals surface area (Å²) in [6.45, 7) is 4.59. The summed E-state index contributed by atoms with van der Waals surface area (Å²) in [7, 11) is 0. The molecule has 0 unspecified atom stereocenters. The van der Waals surface area contributed by atoms with Gasteiger partial charge in [-0.15, -0.1) is 0 Å². The van der Waals surface area contributed by atoms with E-state index >= 15 is 0 Å². The Morgan fingerprint density at radius 2 is 1.93 bits per heavy atom. The number of ether oxygens (including phenoxy) is 2. The van der Waals surface area contributed by atoms with Gasteiger partial charge in [0.25, 0.3) is 0 Å². The van der Waals surface area contributed by atoms with Crippen molar-refractivity contribution in [3.8, 4) is 11.5 Å². The summed E-state index contributed by atoms with van der Waals surface area (Å²) in [6.07, 6.45) is 0. The molecule has 1 aromatic carbocycles.